The van der Waals surface area contributed by atoms with Crippen molar-refractivity contribution in [1.29, 1.82) is 0 Å². The maximum absolute atomic E-state index is 13.6. The third-order valence-corrected chi connectivity index (χ3v) is 9.41. The molecule has 0 unspecified atom stereocenters. The van der Waals surface area contributed by atoms with Crippen molar-refractivity contribution in [3.05, 3.63) is 80.7 Å². The molecule has 1 aliphatic heterocycles. The largest absolute Gasteiger partial charge is 0.483 e. The lowest BCUT2D eigenvalue weighted by Crippen LogP contribution is -2.50. The molecule has 0 amide bonds. The van der Waals surface area contributed by atoms with E-state index in [1.807, 2.05) is 17.0 Å². The van der Waals surface area contributed by atoms with Crippen molar-refractivity contribution < 1.29 is 13.2 Å². The van der Waals surface area contributed by atoms with Gasteiger partial charge in [0.1, 0.15) is 5.69 Å². The van der Waals surface area contributed by atoms with Gasteiger partial charge >= 0.3 is 5.56 Å². The Morgan fingerprint density at radius 3 is 2.32 bits per heavy atom. The molecule has 2 aliphatic rings. The van der Waals surface area contributed by atoms with E-state index in [9.17, 15) is 13.2 Å². The molecule has 0 radical (unpaired) electrons. The van der Waals surface area contributed by atoms with Crippen LogP contribution in [0, 0.1) is 0 Å². The average Bonchev–Trinajstić information content (AvgIpc) is 3.42. The smallest absolute Gasteiger partial charge is 0.316 e. The lowest BCUT2D eigenvalue weighted by molar-refractivity contribution is 0.205. The van der Waals surface area contributed by atoms with Gasteiger partial charge in [-0.05, 0) is 68.0 Å². The van der Waals surface area contributed by atoms with Crippen LogP contribution in [-0.4, -0.2) is 60.5 Å². The second kappa shape index (κ2) is 11.7. The highest BCUT2D eigenvalue weighted by Crippen LogP contribution is 2.30. The third-order valence-electron chi connectivity index (χ3n) is 7.06. The third kappa shape index (κ3) is 6.17. The fourth-order valence-corrected chi connectivity index (χ4v) is 6.87. The molecule has 1 saturated heterocycles. The zero-order chi connectivity index (χ0) is 26.7. The maximum atomic E-state index is 13.6. The van der Waals surface area contributed by atoms with Gasteiger partial charge in [-0.15, -0.1) is 0 Å². The van der Waals surface area contributed by atoms with Gasteiger partial charge in [0.05, 0.1) is 23.7 Å². The van der Waals surface area contributed by atoms with Crippen LogP contribution >= 0.6 is 23.2 Å². The number of aryl methyl sites for hydroxylation is 1. The summed E-state index contributed by atoms with van der Waals surface area (Å²) in [6, 6.07) is 14.2. The number of rotatable bonds is 8. The summed E-state index contributed by atoms with van der Waals surface area (Å²) in [5.41, 5.74) is 1.69. The van der Waals surface area contributed by atoms with Gasteiger partial charge in [0, 0.05) is 36.2 Å². The Balaban J connectivity index is 1.33. The van der Waals surface area contributed by atoms with Gasteiger partial charge in [-0.25, -0.2) is 8.42 Å². The van der Waals surface area contributed by atoms with Crippen LogP contribution in [0.5, 0.6) is 5.75 Å². The Hall–Kier alpha value is -2.59. The lowest BCUT2D eigenvalue weighted by atomic mass is 10.2. The Bertz CT molecular complexity index is 1450. The van der Waals surface area contributed by atoms with Gasteiger partial charge in [-0.2, -0.15) is 14.1 Å². The average molecular weight is 578 g/mol. The number of benzene rings is 2. The maximum Gasteiger partial charge on any atom is 0.316 e. The molecule has 0 spiro atoms. The van der Waals surface area contributed by atoms with Gasteiger partial charge in [0.2, 0.25) is 15.8 Å². The molecule has 5 rings (SSSR count). The molecule has 1 aromatic heterocycles. The van der Waals surface area contributed by atoms with Crippen LogP contribution in [-0.2, 0) is 16.4 Å². The molecule has 3 aromatic rings. The van der Waals surface area contributed by atoms with Crippen LogP contribution in [0.2, 0.25) is 10.0 Å². The molecule has 2 aromatic carbocycles. The van der Waals surface area contributed by atoms with E-state index < -0.39 is 10.0 Å². The van der Waals surface area contributed by atoms with E-state index in [1.54, 1.807) is 42.6 Å². The molecule has 11 heteroatoms. The fourth-order valence-electron chi connectivity index (χ4n) is 5.01. The Morgan fingerprint density at radius 2 is 1.63 bits per heavy atom. The van der Waals surface area contributed by atoms with Gasteiger partial charge in [-0.3, -0.25) is 4.79 Å². The number of ether oxygens (including phenoxy) is 1. The van der Waals surface area contributed by atoms with Crippen LogP contribution in [0.1, 0.15) is 31.2 Å². The first-order valence-corrected chi connectivity index (χ1v) is 15.2. The quantitative estimate of drug-likeness (QED) is 0.391. The molecular weight excluding hydrogens is 547 g/mol. The summed E-state index contributed by atoms with van der Waals surface area (Å²) in [6.07, 6.45) is 5.95. The first kappa shape index (κ1) is 27.0. The van der Waals surface area contributed by atoms with Crippen LogP contribution in [0.4, 0.5) is 5.69 Å². The summed E-state index contributed by atoms with van der Waals surface area (Å²) in [6.45, 7) is 1.50. The SMILES string of the molecule is O=c1c(OC2CCCC2)c(N2CCN(S(=O)(=O)CCc3cccc(Cl)c3)CC2)cnn1-c1cccc(Cl)c1. The summed E-state index contributed by atoms with van der Waals surface area (Å²) in [4.78, 5) is 15.6. The molecule has 1 aliphatic carbocycles. The standard InChI is InChI=1S/C27H30Cl2N4O4S/c28-21-6-3-5-20(17-21)11-16-38(35,36)32-14-12-31(13-15-32)25-19-30-33(23-8-4-7-22(29)18-23)27(34)26(25)37-24-9-1-2-10-24/h3-8,17-19,24H,1-2,9-16H2. The van der Waals surface area contributed by atoms with Gasteiger partial charge in [0.25, 0.3) is 0 Å². The lowest BCUT2D eigenvalue weighted by Gasteiger charge is -2.36. The van der Waals surface area contributed by atoms with Crippen LogP contribution < -0.4 is 15.2 Å². The molecule has 0 N–H and O–H groups in total. The number of hydrogen-bond acceptors (Lipinski definition) is 6. The molecule has 202 valence electrons. The topological polar surface area (TPSA) is 84.7 Å². The number of aromatic nitrogens is 2. The number of halogens is 2. The number of nitrogens with zero attached hydrogens (tertiary/aromatic N) is 4. The zero-order valence-corrected chi connectivity index (χ0v) is 23.3. The number of sulfonamides is 1. The molecule has 8 nitrogen and oxygen atoms in total. The predicted molar refractivity (Wildman–Crippen MR) is 150 cm³/mol. The Morgan fingerprint density at radius 1 is 0.947 bits per heavy atom. The second-order valence-corrected chi connectivity index (χ2v) is 12.6. The van der Waals surface area contributed by atoms with Gasteiger partial charge in [0.15, 0.2) is 0 Å². The van der Waals surface area contributed by atoms with Crippen LogP contribution in [0.25, 0.3) is 5.69 Å². The first-order valence-electron chi connectivity index (χ1n) is 12.8. The van der Waals surface area contributed by atoms with E-state index in [2.05, 4.69) is 5.10 Å². The van der Waals surface area contributed by atoms with E-state index in [0.29, 0.717) is 54.0 Å². The molecule has 2 heterocycles. The first-order chi connectivity index (χ1) is 18.3. The predicted octanol–water partition coefficient (Wildman–Crippen LogP) is 4.56. The van der Waals surface area contributed by atoms with Crippen molar-refractivity contribution in [3.8, 4) is 11.4 Å². The second-order valence-electron chi connectivity index (χ2n) is 9.66. The van der Waals surface area contributed by atoms with Crippen molar-refractivity contribution >= 4 is 38.9 Å². The van der Waals surface area contributed by atoms with Crippen molar-refractivity contribution in [1.82, 2.24) is 14.1 Å². The summed E-state index contributed by atoms with van der Waals surface area (Å²) >= 11 is 12.2. The summed E-state index contributed by atoms with van der Waals surface area (Å²) in [7, 11) is -3.45. The van der Waals surface area contributed by atoms with Crippen molar-refractivity contribution in [2.45, 2.75) is 38.2 Å². The molecular formula is C27H30Cl2N4O4S. The summed E-state index contributed by atoms with van der Waals surface area (Å²) in [5, 5.41) is 5.52. The Labute approximate surface area is 232 Å². The number of anilines is 1. The summed E-state index contributed by atoms with van der Waals surface area (Å²) in [5.74, 6) is 0.268. The van der Waals surface area contributed by atoms with Crippen LogP contribution in [0.15, 0.2) is 59.5 Å². The monoisotopic (exact) mass is 576 g/mol. The van der Waals surface area contributed by atoms with Crippen LogP contribution in [0.3, 0.4) is 0 Å². The van der Waals surface area contributed by atoms with E-state index in [4.69, 9.17) is 27.9 Å². The van der Waals surface area contributed by atoms with E-state index in [-0.39, 0.29) is 23.2 Å². The molecule has 0 atom stereocenters. The van der Waals surface area contributed by atoms with Gasteiger partial charge in [-0.1, -0.05) is 41.4 Å². The van der Waals surface area contributed by atoms with Crippen molar-refractivity contribution in [2.75, 3.05) is 36.8 Å². The minimum absolute atomic E-state index is 0.0145. The van der Waals surface area contributed by atoms with Crippen molar-refractivity contribution in [2.24, 2.45) is 0 Å². The number of hydrogen-bond donors (Lipinski definition) is 0. The molecule has 0 bridgehead atoms. The minimum Gasteiger partial charge on any atom is -0.483 e. The molecule has 2 fully saturated rings. The molecule has 1 saturated carbocycles. The highest BCUT2D eigenvalue weighted by Gasteiger charge is 2.30. The van der Waals surface area contributed by atoms with Crippen molar-refractivity contribution in [3.63, 3.8) is 0 Å². The number of piperazine rings is 1. The highest BCUT2D eigenvalue weighted by molar-refractivity contribution is 7.89. The Kier molecular flexibility index (Phi) is 8.28. The highest BCUT2D eigenvalue weighted by atomic mass is 35.5. The summed E-state index contributed by atoms with van der Waals surface area (Å²) < 4.78 is 35.2. The normalized spacial score (nSPS) is 17.2. The van der Waals surface area contributed by atoms with Gasteiger partial charge < -0.3 is 9.64 Å². The van der Waals surface area contributed by atoms with E-state index >= 15 is 0 Å². The minimum atomic E-state index is -3.45. The van der Waals surface area contributed by atoms with E-state index in [1.165, 1.54) is 8.99 Å². The van der Waals surface area contributed by atoms with E-state index in [0.717, 1.165) is 31.2 Å². The zero-order valence-electron chi connectivity index (χ0n) is 20.9. The molecule has 38 heavy (non-hydrogen) atoms. The fraction of sp³-hybridized carbons (Fsp3) is 0.407.